The smallest absolute Gasteiger partial charge is 0.249 e. The summed E-state index contributed by atoms with van der Waals surface area (Å²) >= 11 is 0. The van der Waals surface area contributed by atoms with Crippen LogP contribution in [0.2, 0.25) is 0 Å². The van der Waals surface area contributed by atoms with Gasteiger partial charge in [0.1, 0.15) is 5.54 Å². The zero-order chi connectivity index (χ0) is 12.0. The van der Waals surface area contributed by atoms with Crippen LogP contribution in [0.25, 0.3) is 0 Å². The molecule has 2 saturated carbocycles. The molecule has 2 unspecified atom stereocenters. The van der Waals surface area contributed by atoms with Crippen molar-refractivity contribution >= 4 is 11.8 Å². The fourth-order valence-corrected chi connectivity index (χ4v) is 3.50. The van der Waals surface area contributed by atoms with Gasteiger partial charge in [-0.2, -0.15) is 0 Å². The van der Waals surface area contributed by atoms with E-state index in [9.17, 15) is 9.59 Å². The van der Waals surface area contributed by atoms with Gasteiger partial charge in [0, 0.05) is 6.04 Å². The molecule has 0 aromatic rings. The topological polar surface area (TPSA) is 49.4 Å². The Labute approximate surface area is 102 Å². The molecule has 4 heteroatoms. The highest BCUT2D eigenvalue weighted by Gasteiger charge is 2.53. The molecule has 3 rings (SSSR count). The lowest BCUT2D eigenvalue weighted by Gasteiger charge is -2.40. The summed E-state index contributed by atoms with van der Waals surface area (Å²) in [5.74, 6) is 0.854. The molecule has 4 nitrogen and oxygen atoms in total. The first-order valence-electron chi connectivity index (χ1n) is 6.78. The molecule has 1 spiro atoms. The number of carbonyl (C=O) groups is 2. The summed E-state index contributed by atoms with van der Waals surface area (Å²) in [6, 6.07) is 0.344. The number of amides is 2. The molecule has 0 aromatic carbocycles. The van der Waals surface area contributed by atoms with E-state index in [4.69, 9.17) is 0 Å². The average Bonchev–Trinajstić information content (AvgIpc) is 2.96. The molecule has 1 N–H and O–H groups in total. The summed E-state index contributed by atoms with van der Waals surface area (Å²) < 4.78 is 0. The molecule has 94 valence electrons. The molecule has 3 aliphatic rings. The summed E-state index contributed by atoms with van der Waals surface area (Å²) in [7, 11) is 0. The Kier molecular flexibility index (Phi) is 2.42. The van der Waals surface area contributed by atoms with Crippen LogP contribution >= 0.6 is 0 Å². The molecule has 0 aromatic heterocycles. The van der Waals surface area contributed by atoms with E-state index >= 15 is 0 Å². The number of hydrogen-bond acceptors (Lipinski definition) is 2. The Morgan fingerprint density at radius 3 is 2.65 bits per heavy atom. The van der Waals surface area contributed by atoms with Crippen LogP contribution in [0.4, 0.5) is 0 Å². The lowest BCUT2D eigenvalue weighted by atomic mass is 9.93. The van der Waals surface area contributed by atoms with E-state index in [0.717, 1.165) is 38.5 Å². The maximum absolute atomic E-state index is 12.5. The van der Waals surface area contributed by atoms with Crippen molar-refractivity contribution in [3.05, 3.63) is 0 Å². The Morgan fingerprint density at radius 2 is 2.06 bits per heavy atom. The van der Waals surface area contributed by atoms with Crippen molar-refractivity contribution in [3.63, 3.8) is 0 Å². The molecule has 17 heavy (non-hydrogen) atoms. The second kappa shape index (κ2) is 3.72. The molecule has 0 bridgehead atoms. The predicted octanol–water partition coefficient (Wildman–Crippen LogP) is 1.06. The standard InChI is InChI=1S/C13H20N2O2/c1-2-9-7-10(9)15-8-11(16)14-13(12(15)17)5-3-4-6-13/h9-10H,2-8H2,1H3,(H,14,16). The maximum atomic E-state index is 12.5. The van der Waals surface area contributed by atoms with E-state index in [1.807, 2.05) is 4.90 Å². The number of rotatable bonds is 2. The average molecular weight is 236 g/mol. The third-order valence-electron chi connectivity index (χ3n) is 4.63. The minimum Gasteiger partial charge on any atom is -0.340 e. The molecule has 1 heterocycles. The van der Waals surface area contributed by atoms with Crippen LogP contribution in [0.5, 0.6) is 0 Å². The van der Waals surface area contributed by atoms with E-state index in [1.54, 1.807) is 0 Å². The van der Waals surface area contributed by atoms with Gasteiger partial charge < -0.3 is 10.2 Å². The number of nitrogens with one attached hydrogen (secondary N) is 1. The van der Waals surface area contributed by atoms with Gasteiger partial charge in [-0.15, -0.1) is 0 Å². The molecule has 1 aliphatic heterocycles. The summed E-state index contributed by atoms with van der Waals surface area (Å²) in [5, 5.41) is 2.96. The van der Waals surface area contributed by atoms with Crippen LogP contribution in [0.1, 0.15) is 45.4 Å². The van der Waals surface area contributed by atoms with Crippen molar-refractivity contribution in [1.29, 1.82) is 0 Å². The molecule has 2 atom stereocenters. The zero-order valence-electron chi connectivity index (χ0n) is 10.4. The van der Waals surface area contributed by atoms with E-state index < -0.39 is 5.54 Å². The van der Waals surface area contributed by atoms with Crippen molar-refractivity contribution < 1.29 is 9.59 Å². The highest BCUT2D eigenvalue weighted by molar-refractivity contribution is 5.98. The lowest BCUT2D eigenvalue weighted by molar-refractivity contribution is -0.150. The second-order valence-corrected chi connectivity index (χ2v) is 5.74. The van der Waals surface area contributed by atoms with Gasteiger partial charge in [-0.1, -0.05) is 26.2 Å². The van der Waals surface area contributed by atoms with Crippen LogP contribution in [-0.2, 0) is 9.59 Å². The summed E-state index contributed by atoms with van der Waals surface area (Å²) in [6.07, 6.45) is 5.98. The minimum absolute atomic E-state index is 0.0354. The quantitative estimate of drug-likeness (QED) is 0.779. The van der Waals surface area contributed by atoms with Gasteiger partial charge in [0.15, 0.2) is 0 Å². The van der Waals surface area contributed by atoms with Gasteiger partial charge in [-0.25, -0.2) is 0 Å². The highest BCUT2D eigenvalue weighted by atomic mass is 16.2. The van der Waals surface area contributed by atoms with Gasteiger partial charge in [0.2, 0.25) is 11.8 Å². The van der Waals surface area contributed by atoms with Crippen molar-refractivity contribution in [1.82, 2.24) is 10.2 Å². The van der Waals surface area contributed by atoms with E-state index in [-0.39, 0.29) is 18.4 Å². The van der Waals surface area contributed by atoms with Crippen LogP contribution in [0.15, 0.2) is 0 Å². The fraction of sp³-hybridized carbons (Fsp3) is 0.846. The molecule has 0 radical (unpaired) electrons. The van der Waals surface area contributed by atoms with E-state index in [2.05, 4.69) is 12.2 Å². The first kappa shape index (κ1) is 11.1. The second-order valence-electron chi connectivity index (χ2n) is 5.74. The van der Waals surface area contributed by atoms with Crippen LogP contribution in [-0.4, -0.2) is 34.8 Å². The SMILES string of the molecule is CCC1CC1N1CC(=O)NC2(CCCC2)C1=O. The maximum Gasteiger partial charge on any atom is 0.249 e. The molecule has 2 aliphatic carbocycles. The van der Waals surface area contributed by atoms with Crippen LogP contribution in [0.3, 0.4) is 0 Å². The monoisotopic (exact) mass is 236 g/mol. The third-order valence-corrected chi connectivity index (χ3v) is 4.63. The first-order chi connectivity index (χ1) is 8.16. The third kappa shape index (κ3) is 1.65. The van der Waals surface area contributed by atoms with Crippen LogP contribution < -0.4 is 5.32 Å². The Morgan fingerprint density at radius 1 is 1.35 bits per heavy atom. The Balaban J connectivity index is 1.80. The van der Waals surface area contributed by atoms with Crippen molar-refractivity contribution in [2.24, 2.45) is 5.92 Å². The van der Waals surface area contributed by atoms with Crippen LogP contribution in [0, 0.1) is 5.92 Å². The van der Waals surface area contributed by atoms with Gasteiger partial charge in [0.25, 0.3) is 0 Å². The van der Waals surface area contributed by atoms with Crippen molar-refractivity contribution in [2.45, 2.75) is 57.0 Å². The largest absolute Gasteiger partial charge is 0.340 e. The number of carbonyl (C=O) groups excluding carboxylic acids is 2. The summed E-state index contributed by atoms with van der Waals surface area (Å²) in [5.41, 5.74) is -0.532. The Bertz CT molecular complexity index is 360. The van der Waals surface area contributed by atoms with Gasteiger partial charge in [0.05, 0.1) is 6.54 Å². The van der Waals surface area contributed by atoms with Crippen molar-refractivity contribution in [3.8, 4) is 0 Å². The van der Waals surface area contributed by atoms with Crippen molar-refractivity contribution in [2.75, 3.05) is 6.54 Å². The fourth-order valence-electron chi connectivity index (χ4n) is 3.50. The highest BCUT2D eigenvalue weighted by Crippen LogP contribution is 2.42. The molecule has 3 fully saturated rings. The van der Waals surface area contributed by atoms with E-state index in [1.165, 1.54) is 0 Å². The summed E-state index contributed by atoms with van der Waals surface area (Å²) in [4.78, 5) is 26.2. The molecular weight excluding hydrogens is 216 g/mol. The van der Waals surface area contributed by atoms with Gasteiger partial charge >= 0.3 is 0 Å². The first-order valence-corrected chi connectivity index (χ1v) is 6.78. The Hall–Kier alpha value is -1.06. The molecular formula is C13H20N2O2. The lowest BCUT2D eigenvalue weighted by Crippen LogP contribution is -2.66. The van der Waals surface area contributed by atoms with Gasteiger partial charge in [-0.3, -0.25) is 9.59 Å². The predicted molar refractivity (Wildman–Crippen MR) is 63.2 cm³/mol. The molecule has 2 amide bonds. The number of nitrogens with zero attached hydrogens (tertiary/aromatic N) is 1. The summed E-state index contributed by atoms with van der Waals surface area (Å²) in [6.45, 7) is 2.44. The number of piperazine rings is 1. The van der Waals surface area contributed by atoms with E-state index in [0.29, 0.717) is 12.0 Å². The van der Waals surface area contributed by atoms with Gasteiger partial charge in [-0.05, 0) is 25.2 Å². The minimum atomic E-state index is -0.532. The normalized spacial score (nSPS) is 35.2. The zero-order valence-corrected chi connectivity index (χ0v) is 10.4. The number of hydrogen-bond donors (Lipinski definition) is 1. The molecule has 1 saturated heterocycles.